The summed E-state index contributed by atoms with van der Waals surface area (Å²) in [5.41, 5.74) is 2.10. The molecule has 0 saturated carbocycles. The molecule has 1 atom stereocenters. The van der Waals surface area contributed by atoms with Gasteiger partial charge in [-0.25, -0.2) is 4.79 Å². The van der Waals surface area contributed by atoms with E-state index in [4.69, 9.17) is 8.94 Å². The lowest BCUT2D eigenvalue weighted by Gasteiger charge is -2.23. The van der Waals surface area contributed by atoms with Crippen molar-refractivity contribution in [3.8, 4) is 0 Å². The van der Waals surface area contributed by atoms with E-state index in [1.807, 2.05) is 49.4 Å². The van der Waals surface area contributed by atoms with Gasteiger partial charge in [0.15, 0.2) is 0 Å². The minimum atomic E-state index is -0.569. The van der Waals surface area contributed by atoms with Gasteiger partial charge < -0.3 is 13.8 Å². The van der Waals surface area contributed by atoms with Crippen LogP contribution in [-0.2, 0) is 12.8 Å². The van der Waals surface area contributed by atoms with E-state index < -0.39 is 5.63 Å². The summed E-state index contributed by atoms with van der Waals surface area (Å²) in [6, 6.07) is 13.5. The largest absolute Gasteiger partial charge is 0.427 e. The molecule has 1 saturated heterocycles. The molecule has 0 N–H and O–H groups in total. The Morgan fingerprint density at radius 1 is 1.17 bits per heavy atom. The Hall–Kier alpha value is -3.15. The van der Waals surface area contributed by atoms with Gasteiger partial charge in [0, 0.05) is 19.0 Å². The second-order valence-electron chi connectivity index (χ2n) is 7.56. The van der Waals surface area contributed by atoms with Crippen molar-refractivity contribution < 1.29 is 13.7 Å². The van der Waals surface area contributed by atoms with Crippen molar-refractivity contribution in [2.45, 2.75) is 45.6 Å². The van der Waals surface area contributed by atoms with E-state index in [9.17, 15) is 9.59 Å². The van der Waals surface area contributed by atoms with Crippen molar-refractivity contribution in [3.63, 3.8) is 0 Å². The van der Waals surface area contributed by atoms with E-state index in [1.54, 1.807) is 11.8 Å². The number of aromatic nitrogens is 1. The van der Waals surface area contributed by atoms with Crippen LogP contribution in [0.5, 0.6) is 0 Å². The zero-order valence-corrected chi connectivity index (χ0v) is 16.7. The zero-order valence-electron chi connectivity index (χ0n) is 16.7. The standard InChI is InChI=1S/C23H24N2O4/c1-15-13-18(11-10-17-7-4-3-5-8-17)28-23(27)21(15)22(26)25-12-6-9-20(25)19-14-16(2)29-24-19/h3-5,7-8,13-14,20H,6,9-12H2,1-2H3. The van der Waals surface area contributed by atoms with Gasteiger partial charge in [-0.3, -0.25) is 4.79 Å². The van der Waals surface area contributed by atoms with Crippen molar-refractivity contribution in [2.24, 2.45) is 0 Å². The summed E-state index contributed by atoms with van der Waals surface area (Å²) in [5, 5.41) is 4.07. The third kappa shape index (κ3) is 4.01. The maximum atomic E-state index is 13.2. The highest BCUT2D eigenvalue weighted by Crippen LogP contribution is 2.32. The van der Waals surface area contributed by atoms with Gasteiger partial charge in [-0.05, 0) is 50.3 Å². The molecule has 1 amide bonds. The average molecular weight is 392 g/mol. The van der Waals surface area contributed by atoms with E-state index in [0.29, 0.717) is 30.0 Å². The van der Waals surface area contributed by atoms with Crippen LogP contribution >= 0.6 is 0 Å². The molecule has 4 rings (SSSR count). The molecule has 0 spiro atoms. The lowest BCUT2D eigenvalue weighted by molar-refractivity contribution is 0.0725. The molecule has 150 valence electrons. The predicted octanol–water partition coefficient (Wildman–Crippen LogP) is 4.01. The lowest BCUT2D eigenvalue weighted by Crippen LogP contribution is -2.34. The third-order valence-electron chi connectivity index (χ3n) is 5.42. The molecule has 3 heterocycles. The molecular weight excluding hydrogens is 368 g/mol. The fourth-order valence-corrected chi connectivity index (χ4v) is 3.97. The van der Waals surface area contributed by atoms with Gasteiger partial charge in [0.05, 0.1) is 6.04 Å². The summed E-state index contributed by atoms with van der Waals surface area (Å²) in [4.78, 5) is 27.6. The Labute approximate surface area is 169 Å². The van der Waals surface area contributed by atoms with Crippen LogP contribution in [0.3, 0.4) is 0 Å². The second kappa shape index (κ2) is 8.07. The number of nitrogens with zero attached hydrogens (tertiary/aromatic N) is 2. The number of likely N-dealkylation sites (tertiary alicyclic amines) is 1. The molecule has 0 aliphatic carbocycles. The molecule has 1 aliphatic heterocycles. The molecule has 6 nitrogen and oxygen atoms in total. The van der Waals surface area contributed by atoms with Crippen LogP contribution in [0.15, 0.2) is 56.2 Å². The molecular formula is C23H24N2O4. The molecule has 1 fully saturated rings. The summed E-state index contributed by atoms with van der Waals surface area (Å²) in [5.74, 6) is 1.00. The number of carbonyl (C=O) groups is 1. The molecule has 3 aromatic rings. The zero-order chi connectivity index (χ0) is 20.4. The number of rotatable bonds is 5. The Bertz CT molecular complexity index is 1070. The third-order valence-corrected chi connectivity index (χ3v) is 5.42. The van der Waals surface area contributed by atoms with Gasteiger partial charge in [0.2, 0.25) is 0 Å². The number of hydrogen-bond acceptors (Lipinski definition) is 5. The van der Waals surface area contributed by atoms with Crippen LogP contribution < -0.4 is 5.63 Å². The van der Waals surface area contributed by atoms with Crippen LogP contribution in [0.4, 0.5) is 0 Å². The SMILES string of the molecule is Cc1cc(C2CCCN2C(=O)c2c(C)cc(CCc3ccccc3)oc2=O)no1. The Morgan fingerprint density at radius 2 is 1.97 bits per heavy atom. The maximum Gasteiger partial charge on any atom is 0.349 e. The predicted molar refractivity (Wildman–Crippen MR) is 108 cm³/mol. The van der Waals surface area contributed by atoms with E-state index in [1.165, 1.54) is 5.56 Å². The van der Waals surface area contributed by atoms with Crippen LogP contribution in [0.1, 0.15) is 57.6 Å². The lowest BCUT2D eigenvalue weighted by atomic mass is 10.1. The topological polar surface area (TPSA) is 76.6 Å². The van der Waals surface area contributed by atoms with Gasteiger partial charge in [-0.15, -0.1) is 0 Å². The van der Waals surface area contributed by atoms with Crippen molar-refractivity contribution in [3.05, 3.63) is 86.8 Å². The number of carbonyl (C=O) groups excluding carboxylic acids is 1. The highest BCUT2D eigenvalue weighted by atomic mass is 16.5. The Morgan fingerprint density at radius 3 is 2.66 bits per heavy atom. The molecule has 6 heteroatoms. The van der Waals surface area contributed by atoms with E-state index in [2.05, 4.69) is 5.16 Å². The van der Waals surface area contributed by atoms with Crippen molar-refractivity contribution >= 4 is 5.91 Å². The molecule has 0 bridgehead atoms. The van der Waals surface area contributed by atoms with Crippen LogP contribution in [0.25, 0.3) is 0 Å². The molecule has 29 heavy (non-hydrogen) atoms. The number of amides is 1. The van der Waals surface area contributed by atoms with Gasteiger partial charge in [0.1, 0.15) is 22.8 Å². The smallest absolute Gasteiger partial charge is 0.349 e. The van der Waals surface area contributed by atoms with E-state index >= 15 is 0 Å². The summed E-state index contributed by atoms with van der Waals surface area (Å²) in [7, 11) is 0. The normalized spacial score (nSPS) is 16.3. The van der Waals surface area contributed by atoms with Gasteiger partial charge in [0.25, 0.3) is 5.91 Å². The first-order valence-corrected chi connectivity index (χ1v) is 9.94. The number of hydrogen-bond donors (Lipinski definition) is 0. The number of aryl methyl sites for hydroxylation is 4. The maximum absolute atomic E-state index is 13.2. The summed E-state index contributed by atoms with van der Waals surface area (Å²) >= 11 is 0. The minimum Gasteiger partial charge on any atom is -0.427 e. The van der Waals surface area contributed by atoms with E-state index in [0.717, 1.165) is 25.0 Å². The fourth-order valence-electron chi connectivity index (χ4n) is 3.97. The average Bonchev–Trinajstić information content (AvgIpc) is 3.35. The van der Waals surface area contributed by atoms with Crippen molar-refractivity contribution in [1.82, 2.24) is 10.1 Å². The fraction of sp³-hybridized carbons (Fsp3) is 0.348. The molecule has 1 unspecified atom stereocenters. The number of benzene rings is 1. The van der Waals surface area contributed by atoms with Crippen molar-refractivity contribution in [1.29, 1.82) is 0 Å². The Kier molecular flexibility index (Phi) is 5.34. The van der Waals surface area contributed by atoms with Gasteiger partial charge >= 0.3 is 5.63 Å². The van der Waals surface area contributed by atoms with E-state index in [-0.39, 0.29) is 17.5 Å². The highest BCUT2D eigenvalue weighted by Gasteiger charge is 2.34. The van der Waals surface area contributed by atoms with Crippen molar-refractivity contribution in [2.75, 3.05) is 6.54 Å². The van der Waals surface area contributed by atoms with Crippen LogP contribution in [0.2, 0.25) is 0 Å². The Balaban J connectivity index is 1.55. The molecule has 2 aromatic heterocycles. The van der Waals surface area contributed by atoms with Gasteiger partial charge in [-0.2, -0.15) is 0 Å². The summed E-state index contributed by atoms with van der Waals surface area (Å²) in [6.07, 6.45) is 3.05. The molecule has 1 aromatic carbocycles. The minimum absolute atomic E-state index is 0.112. The molecule has 0 radical (unpaired) electrons. The van der Waals surface area contributed by atoms with Crippen LogP contribution in [0, 0.1) is 13.8 Å². The monoisotopic (exact) mass is 392 g/mol. The summed E-state index contributed by atoms with van der Waals surface area (Å²) in [6.45, 7) is 4.20. The van der Waals surface area contributed by atoms with Gasteiger partial charge in [-0.1, -0.05) is 35.5 Å². The highest BCUT2D eigenvalue weighted by molar-refractivity contribution is 5.95. The second-order valence-corrected chi connectivity index (χ2v) is 7.56. The van der Waals surface area contributed by atoms with Crippen LogP contribution in [-0.4, -0.2) is 22.5 Å². The first kappa shape index (κ1) is 19.2. The first-order valence-electron chi connectivity index (χ1n) is 9.94. The first-order chi connectivity index (χ1) is 14.0. The quantitative estimate of drug-likeness (QED) is 0.656. The molecule has 1 aliphatic rings. The summed E-state index contributed by atoms with van der Waals surface area (Å²) < 4.78 is 10.7.